The summed E-state index contributed by atoms with van der Waals surface area (Å²) in [5, 5.41) is 2.75. The van der Waals surface area contributed by atoms with Crippen molar-refractivity contribution in [3.05, 3.63) is 40.4 Å². The van der Waals surface area contributed by atoms with Crippen molar-refractivity contribution in [3.8, 4) is 0 Å². The number of nitrogens with one attached hydrogen (secondary N) is 1. The first-order chi connectivity index (χ1) is 6.50. The highest BCUT2D eigenvalue weighted by Crippen LogP contribution is 2.20. The molecule has 74 valence electrons. The van der Waals surface area contributed by atoms with Gasteiger partial charge in [-0.25, -0.2) is 0 Å². The Morgan fingerprint density at radius 3 is 2.64 bits per heavy atom. The Hall–Kier alpha value is -1.09. The average molecular weight is 254 g/mol. The number of rotatable bonds is 2. The van der Waals surface area contributed by atoms with Crippen LogP contribution < -0.4 is 5.32 Å². The zero-order chi connectivity index (χ0) is 10.7. The molecule has 14 heavy (non-hydrogen) atoms. The summed E-state index contributed by atoms with van der Waals surface area (Å²) in [6, 6.07) is 5.66. The maximum absolute atomic E-state index is 11.3. The molecule has 0 bridgehead atoms. The van der Waals surface area contributed by atoms with Crippen LogP contribution in [0.25, 0.3) is 0 Å². The van der Waals surface area contributed by atoms with E-state index in [0.717, 1.165) is 15.7 Å². The summed E-state index contributed by atoms with van der Waals surface area (Å²) >= 11 is 3.39. The first-order valence-corrected chi connectivity index (χ1v) is 5.03. The van der Waals surface area contributed by atoms with Gasteiger partial charge in [-0.05, 0) is 37.6 Å². The van der Waals surface area contributed by atoms with Crippen LogP contribution in [0.3, 0.4) is 0 Å². The number of amides is 1. The molecule has 1 amide bonds. The van der Waals surface area contributed by atoms with Crippen LogP contribution in [0.5, 0.6) is 0 Å². The molecule has 0 aliphatic heterocycles. The second-order valence-corrected chi connectivity index (χ2v) is 4.05. The lowest BCUT2D eigenvalue weighted by atomic mass is 10.2. The van der Waals surface area contributed by atoms with Gasteiger partial charge < -0.3 is 5.32 Å². The van der Waals surface area contributed by atoms with Crippen LogP contribution in [-0.4, -0.2) is 5.91 Å². The lowest BCUT2D eigenvalue weighted by Gasteiger charge is -2.06. The molecule has 0 heterocycles. The highest BCUT2D eigenvalue weighted by atomic mass is 79.9. The van der Waals surface area contributed by atoms with Gasteiger partial charge in [0.1, 0.15) is 0 Å². The molecule has 1 N–H and O–H groups in total. The lowest BCUT2D eigenvalue weighted by molar-refractivity contribution is -0.112. The number of benzene rings is 1. The molecule has 0 aliphatic carbocycles. The molecule has 0 spiro atoms. The molecule has 0 radical (unpaired) electrons. The zero-order valence-electron chi connectivity index (χ0n) is 8.23. The first-order valence-electron chi connectivity index (χ1n) is 4.23. The van der Waals surface area contributed by atoms with E-state index in [9.17, 15) is 4.79 Å². The second-order valence-electron chi connectivity index (χ2n) is 3.20. The molecule has 0 atom stereocenters. The normalized spacial score (nSPS) is 9.64. The number of hydrogen-bond acceptors (Lipinski definition) is 1. The number of carbonyl (C=O) groups is 1. The van der Waals surface area contributed by atoms with Crippen LogP contribution in [0, 0.1) is 6.92 Å². The lowest BCUT2D eigenvalue weighted by Crippen LogP contribution is -2.11. The van der Waals surface area contributed by atoms with Crippen LogP contribution in [0.2, 0.25) is 0 Å². The fraction of sp³-hybridized carbons (Fsp3) is 0.182. The largest absolute Gasteiger partial charge is 0.322 e. The quantitative estimate of drug-likeness (QED) is 0.806. The van der Waals surface area contributed by atoms with Gasteiger partial charge in [-0.3, -0.25) is 4.79 Å². The number of halogens is 1. The standard InChI is InChI=1S/C11H12BrNO/c1-7(2)11(14)13-9-4-5-10(12)8(3)6-9/h4-6H,1H2,2-3H3,(H,13,14). The summed E-state index contributed by atoms with van der Waals surface area (Å²) in [6.07, 6.45) is 0. The summed E-state index contributed by atoms with van der Waals surface area (Å²) in [4.78, 5) is 11.3. The van der Waals surface area contributed by atoms with Crippen LogP contribution in [0.15, 0.2) is 34.8 Å². The molecule has 0 fully saturated rings. The van der Waals surface area contributed by atoms with Crippen molar-refractivity contribution >= 4 is 27.5 Å². The van der Waals surface area contributed by atoms with Gasteiger partial charge in [0.05, 0.1) is 0 Å². The van der Waals surface area contributed by atoms with Crippen molar-refractivity contribution in [1.82, 2.24) is 0 Å². The number of anilines is 1. The van der Waals surface area contributed by atoms with Gasteiger partial charge >= 0.3 is 0 Å². The Balaban J connectivity index is 2.83. The molecule has 0 saturated heterocycles. The van der Waals surface area contributed by atoms with E-state index in [0.29, 0.717) is 5.57 Å². The molecule has 1 rings (SSSR count). The molecular weight excluding hydrogens is 242 g/mol. The molecule has 3 heteroatoms. The van der Waals surface area contributed by atoms with Crippen molar-refractivity contribution in [2.75, 3.05) is 5.32 Å². The van der Waals surface area contributed by atoms with Gasteiger partial charge in [-0.15, -0.1) is 0 Å². The summed E-state index contributed by atoms with van der Waals surface area (Å²) in [6.45, 7) is 7.22. The Morgan fingerprint density at radius 1 is 1.50 bits per heavy atom. The van der Waals surface area contributed by atoms with Gasteiger partial charge in [0.15, 0.2) is 0 Å². The minimum Gasteiger partial charge on any atom is -0.322 e. The Kier molecular flexibility index (Phi) is 3.47. The highest BCUT2D eigenvalue weighted by molar-refractivity contribution is 9.10. The summed E-state index contributed by atoms with van der Waals surface area (Å²) in [5.41, 5.74) is 2.38. The van der Waals surface area contributed by atoms with E-state index >= 15 is 0 Å². The Bertz CT molecular complexity index is 385. The van der Waals surface area contributed by atoms with E-state index in [-0.39, 0.29) is 5.91 Å². The second kappa shape index (κ2) is 4.42. The first kappa shape index (κ1) is 11.0. The molecule has 1 aromatic rings. The van der Waals surface area contributed by atoms with Crippen LogP contribution in [-0.2, 0) is 4.79 Å². The topological polar surface area (TPSA) is 29.1 Å². The van der Waals surface area contributed by atoms with Crippen LogP contribution >= 0.6 is 15.9 Å². The van der Waals surface area contributed by atoms with Crippen molar-refractivity contribution < 1.29 is 4.79 Å². The van der Waals surface area contributed by atoms with Gasteiger partial charge in [0, 0.05) is 15.7 Å². The highest BCUT2D eigenvalue weighted by Gasteiger charge is 2.03. The predicted octanol–water partition coefficient (Wildman–Crippen LogP) is 3.27. The molecule has 0 unspecified atom stereocenters. The Labute approximate surface area is 92.1 Å². The fourth-order valence-electron chi connectivity index (χ4n) is 0.960. The summed E-state index contributed by atoms with van der Waals surface area (Å²) in [5.74, 6) is -0.147. The third kappa shape index (κ3) is 2.70. The molecule has 0 saturated carbocycles. The monoisotopic (exact) mass is 253 g/mol. The van der Waals surface area contributed by atoms with Gasteiger partial charge in [0.2, 0.25) is 0 Å². The zero-order valence-corrected chi connectivity index (χ0v) is 9.81. The molecule has 1 aromatic carbocycles. The summed E-state index contributed by atoms with van der Waals surface area (Å²) < 4.78 is 1.03. The maximum Gasteiger partial charge on any atom is 0.250 e. The van der Waals surface area contributed by atoms with Crippen LogP contribution in [0.1, 0.15) is 12.5 Å². The maximum atomic E-state index is 11.3. The van der Waals surface area contributed by atoms with Crippen molar-refractivity contribution in [1.29, 1.82) is 0 Å². The molecule has 0 aliphatic rings. The predicted molar refractivity (Wildman–Crippen MR) is 62.3 cm³/mol. The minimum absolute atomic E-state index is 0.147. The molecule has 0 aromatic heterocycles. The SMILES string of the molecule is C=C(C)C(=O)Nc1ccc(Br)c(C)c1. The Morgan fingerprint density at radius 2 is 2.14 bits per heavy atom. The van der Waals surface area contributed by atoms with Crippen molar-refractivity contribution in [2.45, 2.75) is 13.8 Å². The fourth-order valence-corrected chi connectivity index (χ4v) is 1.21. The van der Waals surface area contributed by atoms with Crippen molar-refractivity contribution in [3.63, 3.8) is 0 Å². The smallest absolute Gasteiger partial charge is 0.250 e. The van der Waals surface area contributed by atoms with E-state index < -0.39 is 0 Å². The number of carbonyl (C=O) groups excluding carboxylic acids is 1. The minimum atomic E-state index is -0.147. The molecular formula is C11H12BrNO. The third-order valence-corrected chi connectivity index (χ3v) is 2.69. The van der Waals surface area contributed by atoms with Crippen molar-refractivity contribution in [2.24, 2.45) is 0 Å². The van der Waals surface area contributed by atoms with E-state index in [2.05, 4.69) is 27.8 Å². The van der Waals surface area contributed by atoms with E-state index in [4.69, 9.17) is 0 Å². The van der Waals surface area contributed by atoms with Gasteiger partial charge in [-0.1, -0.05) is 22.5 Å². The van der Waals surface area contributed by atoms with E-state index in [1.165, 1.54) is 0 Å². The van der Waals surface area contributed by atoms with Gasteiger partial charge in [-0.2, -0.15) is 0 Å². The van der Waals surface area contributed by atoms with E-state index in [1.54, 1.807) is 6.92 Å². The van der Waals surface area contributed by atoms with Gasteiger partial charge in [0.25, 0.3) is 5.91 Å². The average Bonchev–Trinajstić information content (AvgIpc) is 2.11. The third-order valence-electron chi connectivity index (χ3n) is 1.80. The molecule has 2 nitrogen and oxygen atoms in total. The van der Waals surface area contributed by atoms with E-state index in [1.807, 2.05) is 25.1 Å². The summed E-state index contributed by atoms with van der Waals surface area (Å²) in [7, 11) is 0. The van der Waals surface area contributed by atoms with Crippen LogP contribution in [0.4, 0.5) is 5.69 Å². The number of hydrogen-bond donors (Lipinski definition) is 1. The number of aryl methyl sites for hydroxylation is 1.